The minimum atomic E-state index is -0.706. The number of nitrogens with one attached hydrogen (secondary N) is 1. The summed E-state index contributed by atoms with van der Waals surface area (Å²) in [6.45, 7) is 7.63. The Morgan fingerprint density at radius 1 is 1.10 bits per heavy atom. The molecule has 1 aliphatic rings. The van der Waals surface area contributed by atoms with Crippen molar-refractivity contribution in [1.29, 1.82) is 0 Å². The van der Waals surface area contributed by atoms with Gasteiger partial charge in [0.25, 0.3) is 5.91 Å². The van der Waals surface area contributed by atoms with Crippen molar-refractivity contribution in [2.45, 2.75) is 26.3 Å². The monoisotopic (exact) mass is 393 g/mol. The SMILES string of the molecule is CC[NH+](CC)CCCN1C(=O)C(=O)C(=C([O-])c2ccccc2)C1c1cccnc1. The molecule has 0 saturated carbocycles. The molecule has 6 heteroatoms. The van der Waals surface area contributed by atoms with Crippen molar-refractivity contribution in [2.24, 2.45) is 0 Å². The van der Waals surface area contributed by atoms with E-state index in [1.54, 1.807) is 47.6 Å². The lowest BCUT2D eigenvalue weighted by molar-refractivity contribution is -0.896. The molecule has 0 spiro atoms. The molecule has 3 rings (SSSR count). The van der Waals surface area contributed by atoms with Crippen LogP contribution in [0.25, 0.3) is 5.76 Å². The van der Waals surface area contributed by atoms with Crippen molar-refractivity contribution in [3.63, 3.8) is 0 Å². The maximum atomic E-state index is 13.1. The quantitative estimate of drug-likeness (QED) is 0.405. The highest BCUT2D eigenvalue weighted by Gasteiger charge is 2.44. The van der Waals surface area contributed by atoms with Gasteiger partial charge in [0.1, 0.15) is 0 Å². The van der Waals surface area contributed by atoms with Crippen LogP contribution in [-0.2, 0) is 9.59 Å². The molecule has 1 aromatic carbocycles. The van der Waals surface area contributed by atoms with Gasteiger partial charge in [-0.05, 0) is 31.0 Å². The van der Waals surface area contributed by atoms with E-state index in [1.807, 2.05) is 12.1 Å². The number of Topliss-reactive ketones (excluding diaryl/α,β-unsaturated/α-hetero) is 1. The Hall–Kier alpha value is -2.99. The van der Waals surface area contributed by atoms with Gasteiger partial charge in [-0.25, -0.2) is 0 Å². The maximum absolute atomic E-state index is 13.1. The number of carbonyl (C=O) groups is 2. The van der Waals surface area contributed by atoms with Gasteiger partial charge in [0.15, 0.2) is 0 Å². The van der Waals surface area contributed by atoms with Gasteiger partial charge in [0, 0.05) is 30.9 Å². The molecule has 2 aromatic rings. The number of amides is 1. The third-order valence-corrected chi connectivity index (χ3v) is 5.49. The zero-order valence-corrected chi connectivity index (χ0v) is 16.9. The van der Waals surface area contributed by atoms with Crippen LogP contribution in [0.5, 0.6) is 0 Å². The second-order valence-electron chi connectivity index (χ2n) is 7.19. The molecule has 1 atom stereocenters. The van der Waals surface area contributed by atoms with Gasteiger partial charge >= 0.3 is 0 Å². The summed E-state index contributed by atoms with van der Waals surface area (Å²) in [6, 6.07) is 11.5. The van der Waals surface area contributed by atoms with Gasteiger partial charge in [-0.15, -0.1) is 0 Å². The van der Waals surface area contributed by atoms with E-state index in [2.05, 4.69) is 18.8 Å². The van der Waals surface area contributed by atoms with Gasteiger partial charge in [0.05, 0.1) is 25.7 Å². The molecule has 6 nitrogen and oxygen atoms in total. The minimum absolute atomic E-state index is 0.0180. The molecule has 29 heavy (non-hydrogen) atoms. The molecule has 1 aliphatic heterocycles. The average Bonchev–Trinajstić information content (AvgIpc) is 3.02. The molecule has 0 radical (unpaired) electrons. The van der Waals surface area contributed by atoms with Crippen molar-refractivity contribution in [3.8, 4) is 0 Å². The summed E-state index contributed by atoms with van der Waals surface area (Å²) in [5.74, 6) is -1.70. The molecule has 152 valence electrons. The molecule has 1 unspecified atom stereocenters. The second-order valence-corrected chi connectivity index (χ2v) is 7.19. The number of rotatable bonds is 8. The van der Waals surface area contributed by atoms with Crippen LogP contribution in [-0.4, -0.2) is 47.8 Å². The lowest BCUT2D eigenvalue weighted by Crippen LogP contribution is -3.11. The Morgan fingerprint density at radius 2 is 1.83 bits per heavy atom. The minimum Gasteiger partial charge on any atom is -0.872 e. The fourth-order valence-corrected chi connectivity index (χ4v) is 3.83. The molecule has 1 aromatic heterocycles. The number of hydrogen-bond acceptors (Lipinski definition) is 4. The topological polar surface area (TPSA) is 77.8 Å². The smallest absolute Gasteiger partial charge is 0.295 e. The summed E-state index contributed by atoms with van der Waals surface area (Å²) in [4.78, 5) is 32.8. The second kappa shape index (κ2) is 9.47. The predicted molar refractivity (Wildman–Crippen MR) is 109 cm³/mol. The Bertz CT molecular complexity index is 877. The molecule has 1 saturated heterocycles. The maximum Gasteiger partial charge on any atom is 0.295 e. The van der Waals surface area contributed by atoms with E-state index in [0.29, 0.717) is 17.7 Å². The number of quaternary nitrogens is 1. The predicted octanol–water partition coefficient (Wildman–Crippen LogP) is 0.620. The van der Waals surface area contributed by atoms with Gasteiger partial charge in [-0.2, -0.15) is 0 Å². The molecule has 2 heterocycles. The van der Waals surface area contributed by atoms with Crippen molar-refractivity contribution in [3.05, 3.63) is 71.6 Å². The molecule has 1 amide bonds. The summed E-state index contributed by atoms with van der Waals surface area (Å²) in [6.07, 6.45) is 4.02. The van der Waals surface area contributed by atoms with E-state index < -0.39 is 23.5 Å². The van der Waals surface area contributed by atoms with Crippen LogP contribution in [0.2, 0.25) is 0 Å². The van der Waals surface area contributed by atoms with E-state index in [1.165, 1.54) is 4.90 Å². The van der Waals surface area contributed by atoms with Crippen LogP contribution >= 0.6 is 0 Å². The summed E-state index contributed by atoms with van der Waals surface area (Å²) in [7, 11) is 0. The summed E-state index contributed by atoms with van der Waals surface area (Å²) in [5.41, 5.74) is 1.11. The lowest BCUT2D eigenvalue weighted by Gasteiger charge is -2.27. The highest BCUT2D eigenvalue weighted by atomic mass is 16.3. The summed E-state index contributed by atoms with van der Waals surface area (Å²) in [5, 5.41) is 13.1. The van der Waals surface area contributed by atoms with Crippen molar-refractivity contribution < 1.29 is 19.6 Å². The zero-order chi connectivity index (χ0) is 20.8. The summed E-state index contributed by atoms with van der Waals surface area (Å²) >= 11 is 0. The molecule has 0 aliphatic carbocycles. The zero-order valence-electron chi connectivity index (χ0n) is 16.9. The van der Waals surface area contributed by atoms with Crippen LogP contribution in [0.1, 0.15) is 37.4 Å². The first-order valence-electron chi connectivity index (χ1n) is 10.1. The fourth-order valence-electron chi connectivity index (χ4n) is 3.83. The number of likely N-dealkylation sites (tertiary alicyclic amines) is 1. The fraction of sp³-hybridized carbons (Fsp3) is 0.348. The van der Waals surface area contributed by atoms with E-state index >= 15 is 0 Å². The van der Waals surface area contributed by atoms with Gasteiger partial charge < -0.3 is 14.9 Å². The molecule has 0 bridgehead atoms. The lowest BCUT2D eigenvalue weighted by atomic mass is 9.96. The first-order valence-corrected chi connectivity index (χ1v) is 10.1. The number of benzene rings is 1. The van der Waals surface area contributed by atoms with Crippen molar-refractivity contribution in [2.75, 3.05) is 26.2 Å². The van der Waals surface area contributed by atoms with Crippen LogP contribution in [0.15, 0.2) is 60.4 Å². The normalized spacial score (nSPS) is 18.6. The Balaban J connectivity index is 1.98. The number of hydrogen-bond donors (Lipinski definition) is 1. The largest absolute Gasteiger partial charge is 0.872 e. The molecule has 1 N–H and O–H groups in total. The Kier molecular flexibility index (Phi) is 6.77. The first kappa shape index (κ1) is 20.7. The Morgan fingerprint density at radius 3 is 2.45 bits per heavy atom. The number of pyridine rings is 1. The van der Waals surface area contributed by atoms with Crippen molar-refractivity contribution >= 4 is 17.4 Å². The van der Waals surface area contributed by atoms with E-state index in [-0.39, 0.29) is 5.57 Å². The average molecular weight is 393 g/mol. The van der Waals surface area contributed by atoms with Crippen molar-refractivity contribution in [1.82, 2.24) is 9.88 Å². The Labute approximate surface area is 171 Å². The van der Waals surface area contributed by atoms with Gasteiger partial charge in [0.2, 0.25) is 5.78 Å². The van der Waals surface area contributed by atoms with E-state index in [4.69, 9.17) is 0 Å². The number of aromatic nitrogens is 1. The summed E-state index contributed by atoms with van der Waals surface area (Å²) < 4.78 is 0. The van der Waals surface area contributed by atoms with Crippen LogP contribution in [0.4, 0.5) is 0 Å². The molecule has 1 fully saturated rings. The number of nitrogens with zero attached hydrogens (tertiary/aromatic N) is 2. The highest BCUT2D eigenvalue weighted by Crippen LogP contribution is 2.38. The van der Waals surface area contributed by atoms with Crippen LogP contribution in [0, 0.1) is 0 Å². The number of carbonyl (C=O) groups excluding carboxylic acids is 2. The van der Waals surface area contributed by atoms with Gasteiger partial charge in [-0.1, -0.05) is 42.2 Å². The third-order valence-electron chi connectivity index (χ3n) is 5.49. The van der Waals surface area contributed by atoms with Gasteiger partial charge in [-0.3, -0.25) is 14.6 Å². The molecular formula is C23H27N3O3. The number of ketones is 1. The molecular weight excluding hydrogens is 366 g/mol. The highest BCUT2D eigenvalue weighted by molar-refractivity contribution is 6.46. The third kappa shape index (κ3) is 4.38. The van der Waals surface area contributed by atoms with Crippen LogP contribution < -0.4 is 10.0 Å². The van der Waals surface area contributed by atoms with E-state index in [9.17, 15) is 14.7 Å². The first-order chi connectivity index (χ1) is 14.1. The van der Waals surface area contributed by atoms with E-state index in [0.717, 1.165) is 26.1 Å². The van der Waals surface area contributed by atoms with Crippen LogP contribution in [0.3, 0.4) is 0 Å². The standard InChI is InChI=1S/C23H27N3O3/c1-3-25(4-2)14-9-15-26-20(18-12-8-13-24-16-18)19(22(28)23(26)29)21(27)17-10-6-5-7-11-17/h5-8,10-13,16,20,27H,3-4,9,14-15H2,1-2H3.